The van der Waals surface area contributed by atoms with E-state index < -0.39 is 0 Å². The molecular formula is C20H20ClFN4O. The molecule has 5 nitrogen and oxygen atoms in total. The average Bonchev–Trinajstić information content (AvgIpc) is 3.09. The van der Waals surface area contributed by atoms with E-state index in [0.717, 1.165) is 29.7 Å². The summed E-state index contributed by atoms with van der Waals surface area (Å²) in [5.74, 6) is -0.104. The molecule has 140 valence electrons. The molecule has 0 aliphatic carbocycles. The van der Waals surface area contributed by atoms with Crippen LogP contribution in [0, 0.1) is 5.82 Å². The number of amides is 1. The van der Waals surface area contributed by atoms with Gasteiger partial charge in [-0.05, 0) is 42.5 Å². The van der Waals surface area contributed by atoms with Gasteiger partial charge in [-0.3, -0.25) is 9.48 Å². The van der Waals surface area contributed by atoms with Crippen molar-refractivity contribution in [3.63, 3.8) is 0 Å². The van der Waals surface area contributed by atoms with E-state index in [9.17, 15) is 9.18 Å². The van der Waals surface area contributed by atoms with Crippen molar-refractivity contribution in [3.8, 4) is 0 Å². The highest BCUT2D eigenvalue weighted by molar-refractivity contribution is 6.31. The zero-order valence-electron chi connectivity index (χ0n) is 14.8. The van der Waals surface area contributed by atoms with Crippen LogP contribution in [-0.2, 0) is 11.3 Å². The van der Waals surface area contributed by atoms with Crippen LogP contribution in [0.1, 0.15) is 6.42 Å². The lowest BCUT2D eigenvalue weighted by Crippen LogP contribution is -2.49. The zero-order chi connectivity index (χ0) is 18.8. The molecule has 2 heterocycles. The molecule has 7 heteroatoms. The Hall–Kier alpha value is -2.60. The first kappa shape index (κ1) is 17.8. The summed E-state index contributed by atoms with van der Waals surface area (Å²) in [5.41, 5.74) is 1.97. The molecule has 0 unspecified atom stereocenters. The standard InChI is InChI=1S/C20H20ClFN4O/c21-16-1-6-19-15(13-16)14-23-26(19)8-7-20(27)25-11-9-24(10-12-25)18-4-2-17(22)3-5-18/h1-6,13-14H,7-12H2. The van der Waals surface area contributed by atoms with Gasteiger partial charge in [0, 0.05) is 48.7 Å². The molecule has 1 saturated heterocycles. The van der Waals surface area contributed by atoms with E-state index in [4.69, 9.17) is 11.6 Å². The molecule has 4 rings (SSSR count). The summed E-state index contributed by atoms with van der Waals surface area (Å²) in [5, 5.41) is 6.01. The third-order valence-corrected chi connectivity index (χ3v) is 5.20. The maximum atomic E-state index is 13.1. The van der Waals surface area contributed by atoms with Crippen LogP contribution in [0.15, 0.2) is 48.7 Å². The summed E-state index contributed by atoms with van der Waals surface area (Å²) < 4.78 is 14.9. The highest BCUT2D eigenvalue weighted by Gasteiger charge is 2.21. The smallest absolute Gasteiger partial charge is 0.224 e. The lowest BCUT2D eigenvalue weighted by molar-refractivity contribution is -0.131. The van der Waals surface area contributed by atoms with Crippen molar-refractivity contribution in [1.29, 1.82) is 0 Å². The number of fused-ring (bicyclic) bond motifs is 1. The van der Waals surface area contributed by atoms with E-state index in [-0.39, 0.29) is 11.7 Å². The van der Waals surface area contributed by atoms with Gasteiger partial charge < -0.3 is 9.80 Å². The number of carbonyl (C=O) groups excluding carboxylic acids is 1. The second-order valence-corrected chi connectivity index (χ2v) is 7.10. The number of aromatic nitrogens is 2. The second kappa shape index (κ2) is 7.56. The number of hydrogen-bond donors (Lipinski definition) is 0. The lowest BCUT2D eigenvalue weighted by atomic mass is 10.2. The third-order valence-electron chi connectivity index (χ3n) is 4.97. The first-order valence-electron chi connectivity index (χ1n) is 8.99. The van der Waals surface area contributed by atoms with Crippen LogP contribution >= 0.6 is 11.6 Å². The van der Waals surface area contributed by atoms with Crippen molar-refractivity contribution in [1.82, 2.24) is 14.7 Å². The highest BCUT2D eigenvalue weighted by atomic mass is 35.5. The summed E-state index contributed by atoms with van der Waals surface area (Å²) in [6.45, 7) is 3.39. The first-order valence-corrected chi connectivity index (χ1v) is 9.37. The molecule has 1 fully saturated rings. The highest BCUT2D eigenvalue weighted by Crippen LogP contribution is 2.20. The molecule has 1 aliphatic rings. The second-order valence-electron chi connectivity index (χ2n) is 6.67. The molecule has 1 aliphatic heterocycles. The number of carbonyl (C=O) groups is 1. The van der Waals surface area contributed by atoms with Crippen LogP contribution in [0.3, 0.4) is 0 Å². The number of benzene rings is 2. The average molecular weight is 387 g/mol. The van der Waals surface area contributed by atoms with E-state index in [0.29, 0.717) is 31.1 Å². The van der Waals surface area contributed by atoms with Gasteiger partial charge in [0.1, 0.15) is 5.82 Å². The van der Waals surface area contributed by atoms with E-state index in [1.54, 1.807) is 18.3 Å². The molecule has 0 bridgehead atoms. The van der Waals surface area contributed by atoms with Gasteiger partial charge in [-0.25, -0.2) is 4.39 Å². The quantitative estimate of drug-likeness (QED) is 0.688. The van der Waals surface area contributed by atoms with Crippen LogP contribution in [-0.4, -0.2) is 46.8 Å². The molecule has 0 N–H and O–H groups in total. The molecule has 3 aromatic rings. The lowest BCUT2D eigenvalue weighted by Gasteiger charge is -2.36. The normalized spacial score (nSPS) is 14.7. The third kappa shape index (κ3) is 3.90. The SMILES string of the molecule is O=C(CCn1ncc2cc(Cl)ccc21)N1CCN(c2ccc(F)cc2)CC1. The number of anilines is 1. The predicted molar refractivity (Wildman–Crippen MR) is 105 cm³/mol. The van der Waals surface area contributed by atoms with Crippen LogP contribution in [0.4, 0.5) is 10.1 Å². The van der Waals surface area contributed by atoms with E-state index in [2.05, 4.69) is 10.00 Å². The van der Waals surface area contributed by atoms with Gasteiger partial charge in [-0.15, -0.1) is 0 Å². The Labute approximate surface area is 161 Å². The fraction of sp³-hybridized carbons (Fsp3) is 0.300. The van der Waals surface area contributed by atoms with Crippen molar-refractivity contribution >= 4 is 34.1 Å². The fourth-order valence-corrected chi connectivity index (χ4v) is 3.64. The number of nitrogens with zero attached hydrogens (tertiary/aromatic N) is 4. The van der Waals surface area contributed by atoms with Gasteiger partial charge >= 0.3 is 0 Å². The molecule has 0 spiro atoms. The van der Waals surface area contributed by atoms with Crippen LogP contribution in [0.25, 0.3) is 10.9 Å². The maximum absolute atomic E-state index is 13.1. The van der Waals surface area contributed by atoms with Crippen molar-refractivity contribution < 1.29 is 9.18 Å². The Morgan fingerprint density at radius 3 is 2.56 bits per heavy atom. The summed E-state index contributed by atoms with van der Waals surface area (Å²) in [6, 6.07) is 12.1. The monoisotopic (exact) mass is 386 g/mol. The summed E-state index contributed by atoms with van der Waals surface area (Å²) >= 11 is 6.00. The van der Waals surface area contributed by atoms with E-state index in [1.165, 1.54) is 12.1 Å². The number of rotatable bonds is 4. The van der Waals surface area contributed by atoms with E-state index >= 15 is 0 Å². The molecule has 0 saturated carbocycles. The van der Waals surface area contributed by atoms with Crippen molar-refractivity contribution in [2.24, 2.45) is 0 Å². The van der Waals surface area contributed by atoms with Crippen LogP contribution < -0.4 is 4.90 Å². The summed E-state index contributed by atoms with van der Waals surface area (Å²) in [4.78, 5) is 16.6. The number of piperazine rings is 1. The van der Waals surface area contributed by atoms with Gasteiger partial charge in [0.05, 0.1) is 18.3 Å². The van der Waals surface area contributed by atoms with Crippen LogP contribution in [0.5, 0.6) is 0 Å². The summed E-state index contributed by atoms with van der Waals surface area (Å²) in [6.07, 6.45) is 2.18. The number of aryl methyl sites for hydroxylation is 1. The van der Waals surface area contributed by atoms with Gasteiger partial charge in [0.2, 0.25) is 5.91 Å². The summed E-state index contributed by atoms with van der Waals surface area (Å²) in [7, 11) is 0. The minimum absolute atomic E-state index is 0.131. The zero-order valence-corrected chi connectivity index (χ0v) is 15.6. The largest absolute Gasteiger partial charge is 0.368 e. The minimum atomic E-state index is -0.235. The van der Waals surface area contributed by atoms with Crippen molar-refractivity contribution in [2.75, 3.05) is 31.1 Å². The van der Waals surface area contributed by atoms with E-state index in [1.807, 2.05) is 27.8 Å². The maximum Gasteiger partial charge on any atom is 0.224 e. The van der Waals surface area contributed by atoms with Gasteiger partial charge in [0.25, 0.3) is 0 Å². The fourth-order valence-electron chi connectivity index (χ4n) is 3.46. The van der Waals surface area contributed by atoms with Gasteiger partial charge in [-0.2, -0.15) is 5.10 Å². The topological polar surface area (TPSA) is 41.4 Å². The molecular weight excluding hydrogens is 367 g/mol. The minimum Gasteiger partial charge on any atom is -0.368 e. The number of hydrogen-bond acceptors (Lipinski definition) is 3. The van der Waals surface area contributed by atoms with Crippen LogP contribution in [0.2, 0.25) is 5.02 Å². The molecule has 0 atom stereocenters. The molecule has 1 amide bonds. The Balaban J connectivity index is 1.32. The van der Waals surface area contributed by atoms with Crippen molar-refractivity contribution in [2.45, 2.75) is 13.0 Å². The molecule has 2 aromatic carbocycles. The molecule has 1 aromatic heterocycles. The first-order chi connectivity index (χ1) is 13.1. The predicted octanol–water partition coefficient (Wildman–Crippen LogP) is 3.57. The van der Waals surface area contributed by atoms with Gasteiger partial charge in [0.15, 0.2) is 0 Å². The Morgan fingerprint density at radius 1 is 1.07 bits per heavy atom. The van der Waals surface area contributed by atoms with Crippen molar-refractivity contribution in [3.05, 3.63) is 59.5 Å². The Kier molecular flexibility index (Phi) is 4.99. The van der Waals surface area contributed by atoms with Gasteiger partial charge in [-0.1, -0.05) is 11.6 Å². The Bertz CT molecular complexity index is 948. The molecule has 27 heavy (non-hydrogen) atoms. The molecule has 0 radical (unpaired) electrons. The Morgan fingerprint density at radius 2 is 1.81 bits per heavy atom. The number of halogens is 2.